The normalized spacial score (nSPS) is 12.3. The van der Waals surface area contributed by atoms with Gasteiger partial charge in [-0.05, 0) is 36.2 Å². The van der Waals surface area contributed by atoms with Gasteiger partial charge in [0.15, 0.2) is 9.84 Å². The lowest BCUT2D eigenvalue weighted by Crippen LogP contribution is -2.16. The van der Waals surface area contributed by atoms with E-state index in [0.29, 0.717) is 5.69 Å². The van der Waals surface area contributed by atoms with Gasteiger partial charge in [-0.3, -0.25) is 0 Å². The molecule has 0 aliphatic carbocycles. The number of sulfonamides is 1. The first-order valence-corrected chi connectivity index (χ1v) is 9.51. The molecule has 0 fully saturated rings. The summed E-state index contributed by atoms with van der Waals surface area (Å²) in [6.45, 7) is 1.77. The van der Waals surface area contributed by atoms with E-state index in [1.165, 1.54) is 30.3 Å². The highest BCUT2D eigenvalue weighted by Crippen LogP contribution is 2.23. The Morgan fingerprint density at radius 3 is 2.23 bits per heavy atom. The summed E-state index contributed by atoms with van der Waals surface area (Å²) in [5, 5.41) is 5.12. The molecule has 6 nitrogen and oxygen atoms in total. The van der Waals surface area contributed by atoms with E-state index in [0.717, 1.165) is 5.56 Å². The number of hydrogen-bond donors (Lipinski definition) is 2. The van der Waals surface area contributed by atoms with Crippen LogP contribution in [-0.2, 0) is 25.6 Å². The predicted molar refractivity (Wildman–Crippen MR) is 84.3 cm³/mol. The molecule has 0 atom stereocenters. The van der Waals surface area contributed by atoms with Crippen molar-refractivity contribution in [2.75, 3.05) is 5.73 Å². The molecule has 0 aliphatic rings. The van der Waals surface area contributed by atoms with Gasteiger partial charge in [-0.1, -0.05) is 24.3 Å². The van der Waals surface area contributed by atoms with Gasteiger partial charge in [-0.15, -0.1) is 0 Å². The third-order valence-electron chi connectivity index (χ3n) is 3.23. The number of primary sulfonamides is 1. The fourth-order valence-electron chi connectivity index (χ4n) is 2.00. The summed E-state index contributed by atoms with van der Waals surface area (Å²) in [5.74, 6) is -0.470. The second kappa shape index (κ2) is 5.71. The summed E-state index contributed by atoms with van der Waals surface area (Å²) >= 11 is 0. The molecule has 8 heteroatoms. The molecule has 4 N–H and O–H groups in total. The molecular weight excluding hydrogens is 324 g/mol. The van der Waals surface area contributed by atoms with E-state index < -0.39 is 25.6 Å². The zero-order valence-corrected chi connectivity index (χ0v) is 13.5. The highest BCUT2D eigenvalue weighted by atomic mass is 32.2. The summed E-state index contributed by atoms with van der Waals surface area (Å²) in [5.41, 5.74) is 6.99. The number of hydrogen-bond acceptors (Lipinski definition) is 5. The molecule has 0 bridgehead atoms. The van der Waals surface area contributed by atoms with Gasteiger partial charge in [0.05, 0.1) is 15.5 Å². The molecular formula is C14H16N2O4S2. The van der Waals surface area contributed by atoms with Gasteiger partial charge in [0.2, 0.25) is 10.0 Å². The van der Waals surface area contributed by atoms with Crippen LogP contribution in [0.5, 0.6) is 0 Å². The fraction of sp³-hybridized carbons (Fsp3) is 0.143. The minimum atomic E-state index is -3.99. The van der Waals surface area contributed by atoms with E-state index in [1.807, 2.05) is 0 Å². The maximum absolute atomic E-state index is 12.5. The maximum atomic E-state index is 12.5. The van der Waals surface area contributed by atoms with Crippen molar-refractivity contribution in [3.8, 4) is 0 Å². The molecule has 0 spiro atoms. The SMILES string of the molecule is Cc1ccc(S(=O)(=O)Cc2ccccc2S(N)(=O)=O)cc1N. The van der Waals surface area contributed by atoms with Gasteiger partial charge >= 0.3 is 0 Å². The van der Waals surface area contributed by atoms with Crippen molar-refractivity contribution in [1.82, 2.24) is 0 Å². The van der Waals surface area contributed by atoms with Crippen LogP contribution in [0.4, 0.5) is 5.69 Å². The lowest BCUT2D eigenvalue weighted by Gasteiger charge is -2.10. The average molecular weight is 340 g/mol. The second-order valence-electron chi connectivity index (χ2n) is 4.93. The topological polar surface area (TPSA) is 120 Å². The summed E-state index contributed by atoms with van der Waals surface area (Å²) in [6.07, 6.45) is 0. The smallest absolute Gasteiger partial charge is 0.238 e. The Hall–Kier alpha value is -1.90. The molecule has 0 unspecified atom stereocenters. The zero-order valence-electron chi connectivity index (χ0n) is 11.9. The molecule has 2 aromatic carbocycles. The fourth-order valence-corrected chi connectivity index (χ4v) is 4.28. The number of sulfone groups is 1. The summed E-state index contributed by atoms with van der Waals surface area (Å²) < 4.78 is 48.0. The van der Waals surface area contributed by atoms with Gasteiger partial charge in [-0.2, -0.15) is 0 Å². The maximum Gasteiger partial charge on any atom is 0.238 e. The van der Waals surface area contributed by atoms with Gasteiger partial charge in [0, 0.05) is 5.69 Å². The minimum absolute atomic E-state index is 0.0415. The van der Waals surface area contributed by atoms with Crippen LogP contribution >= 0.6 is 0 Å². The Labute approximate surface area is 129 Å². The third-order valence-corrected chi connectivity index (χ3v) is 5.91. The molecule has 0 aliphatic heterocycles. The van der Waals surface area contributed by atoms with Crippen molar-refractivity contribution in [2.45, 2.75) is 22.5 Å². The van der Waals surface area contributed by atoms with Crippen molar-refractivity contribution < 1.29 is 16.8 Å². The quantitative estimate of drug-likeness (QED) is 0.810. The molecule has 0 saturated carbocycles. The Morgan fingerprint density at radius 2 is 1.64 bits per heavy atom. The van der Waals surface area contributed by atoms with Crippen molar-refractivity contribution in [3.63, 3.8) is 0 Å². The molecule has 118 valence electrons. The molecule has 0 radical (unpaired) electrons. The number of rotatable bonds is 4. The van der Waals surface area contributed by atoms with E-state index in [1.54, 1.807) is 19.1 Å². The first-order valence-electron chi connectivity index (χ1n) is 6.31. The van der Waals surface area contributed by atoms with Gasteiger partial charge in [-0.25, -0.2) is 22.0 Å². The summed E-state index contributed by atoms with van der Waals surface area (Å²) in [7, 11) is -7.73. The average Bonchev–Trinajstić information content (AvgIpc) is 2.40. The van der Waals surface area contributed by atoms with Crippen LogP contribution < -0.4 is 10.9 Å². The Balaban J connectivity index is 2.48. The van der Waals surface area contributed by atoms with Crippen molar-refractivity contribution in [2.24, 2.45) is 5.14 Å². The lowest BCUT2D eigenvalue weighted by molar-refractivity contribution is 0.593. The largest absolute Gasteiger partial charge is 0.398 e. The number of aryl methyl sites for hydroxylation is 1. The monoisotopic (exact) mass is 340 g/mol. The first-order chi connectivity index (χ1) is 10.1. The first kappa shape index (κ1) is 16.5. The minimum Gasteiger partial charge on any atom is -0.398 e. The van der Waals surface area contributed by atoms with E-state index in [4.69, 9.17) is 10.9 Å². The molecule has 22 heavy (non-hydrogen) atoms. The van der Waals surface area contributed by atoms with Crippen LogP contribution in [-0.4, -0.2) is 16.8 Å². The van der Waals surface area contributed by atoms with Gasteiger partial charge < -0.3 is 5.73 Å². The van der Waals surface area contributed by atoms with Gasteiger partial charge in [0.1, 0.15) is 0 Å². The molecule has 0 amide bonds. The van der Waals surface area contributed by atoms with E-state index in [2.05, 4.69) is 0 Å². The molecule has 2 rings (SSSR count). The standard InChI is InChI=1S/C14H16N2O4S2/c1-10-6-7-12(8-13(10)15)21(17,18)9-11-4-2-3-5-14(11)22(16,19)20/h2-8H,9,15H2,1H3,(H2,16,19,20). The van der Waals surface area contributed by atoms with Crippen LogP contribution in [0.2, 0.25) is 0 Å². The van der Waals surface area contributed by atoms with E-state index in [9.17, 15) is 16.8 Å². The van der Waals surface area contributed by atoms with Crippen LogP contribution in [0, 0.1) is 6.92 Å². The Morgan fingerprint density at radius 1 is 1.00 bits per heavy atom. The third kappa shape index (κ3) is 3.46. The second-order valence-corrected chi connectivity index (χ2v) is 8.45. The number of benzene rings is 2. The number of nitrogen functional groups attached to an aromatic ring is 1. The number of anilines is 1. The Bertz CT molecular complexity index is 920. The van der Waals surface area contributed by atoms with Gasteiger partial charge in [0.25, 0.3) is 0 Å². The van der Waals surface area contributed by atoms with E-state index >= 15 is 0 Å². The predicted octanol–water partition coefficient (Wildman–Crippen LogP) is 1.20. The molecule has 2 aromatic rings. The Kier molecular flexibility index (Phi) is 4.28. The van der Waals surface area contributed by atoms with E-state index in [-0.39, 0.29) is 15.4 Å². The molecule has 0 saturated heterocycles. The molecule has 0 aromatic heterocycles. The van der Waals surface area contributed by atoms with Crippen molar-refractivity contribution in [1.29, 1.82) is 0 Å². The zero-order chi connectivity index (χ0) is 16.5. The van der Waals surface area contributed by atoms with Crippen LogP contribution in [0.25, 0.3) is 0 Å². The summed E-state index contributed by atoms with van der Waals surface area (Å²) in [6, 6.07) is 10.2. The van der Waals surface area contributed by atoms with Crippen LogP contribution in [0.3, 0.4) is 0 Å². The number of nitrogens with two attached hydrogens (primary N) is 2. The van der Waals surface area contributed by atoms with Crippen LogP contribution in [0.1, 0.15) is 11.1 Å². The highest BCUT2D eigenvalue weighted by molar-refractivity contribution is 7.91. The lowest BCUT2D eigenvalue weighted by atomic mass is 10.2. The summed E-state index contributed by atoms with van der Waals surface area (Å²) in [4.78, 5) is -0.154. The van der Waals surface area contributed by atoms with Crippen molar-refractivity contribution >= 4 is 25.5 Å². The van der Waals surface area contributed by atoms with Crippen molar-refractivity contribution in [3.05, 3.63) is 53.6 Å². The highest BCUT2D eigenvalue weighted by Gasteiger charge is 2.21. The molecule has 0 heterocycles. The van der Waals surface area contributed by atoms with Crippen LogP contribution in [0.15, 0.2) is 52.3 Å².